The number of fused-ring (bicyclic) bond motifs is 2. The van der Waals surface area contributed by atoms with Crippen molar-refractivity contribution in [3.05, 3.63) is 59.1 Å². The molecule has 1 saturated heterocycles. The van der Waals surface area contributed by atoms with Gasteiger partial charge in [-0.2, -0.15) is 0 Å². The normalized spacial score (nSPS) is 17.6. The fraction of sp³-hybridized carbons (Fsp3) is 0.261. The highest BCUT2D eigenvalue weighted by Crippen LogP contribution is 2.41. The molecular weight excluding hydrogens is 412 g/mol. The van der Waals surface area contributed by atoms with Crippen LogP contribution in [0.4, 0.5) is 4.79 Å². The Morgan fingerprint density at radius 1 is 1.28 bits per heavy atom. The molecule has 0 unspecified atom stereocenters. The second kappa shape index (κ2) is 8.01. The van der Waals surface area contributed by atoms with E-state index >= 15 is 0 Å². The summed E-state index contributed by atoms with van der Waals surface area (Å²) in [4.78, 5) is 35.2. The van der Waals surface area contributed by atoms with E-state index in [1.807, 2.05) is 12.1 Å². The van der Waals surface area contributed by atoms with E-state index in [4.69, 9.17) is 9.47 Å². The van der Waals surface area contributed by atoms with Crippen molar-refractivity contribution in [2.24, 2.45) is 0 Å². The molecule has 0 atom stereocenters. The van der Waals surface area contributed by atoms with Crippen LogP contribution in [0.3, 0.4) is 0 Å². The maximum atomic E-state index is 13.1. The molecule has 3 aromatic rings. The number of ether oxygens (including phenoxy) is 2. The van der Waals surface area contributed by atoms with Crippen LogP contribution in [0, 0.1) is 0 Å². The molecule has 0 bridgehead atoms. The number of carboxylic acid groups (broad SMARTS) is 1. The smallest absolute Gasteiger partial charge is 0.407 e. The first-order chi connectivity index (χ1) is 15.5. The molecule has 1 aromatic carbocycles. The second-order valence-electron chi connectivity index (χ2n) is 7.75. The van der Waals surface area contributed by atoms with Crippen LogP contribution >= 0.6 is 0 Å². The number of hydrogen-bond donors (Lipinski definition) is 2. The summed E-state index contributed by atoms with van der Waals surface area (Å²) in [5.41, 5.74) is 2.84. The molecule has 9 heteroatoms. The lowest BCUT2D eigenvalue weighted by molar-refractivity contribution is 0.101. The van der Waals surface area contributed by atoms with Gasteiger partial charge in [0.25, 0.3) is 0 Å². The lowest BCUT2D eigenvalue weighted by Crippen LogP contribution is -2.47. The first kappa shape index (κ1) is 20.1. The van der Waals surface area contributed by atoms with Crippen molar-refractivity contribution in [2.45, 2.75) is 6.54 Å². The van der Waals surface area contributed by atoms with Gasteiger partial charge in [0, 0.05) is 56.1 Å². The van der Waals surface area contributed by atoms with Gasteiger partial charge in [-0.3, -0.25) is 9.69 Å². The highest BCUT2D eigenvalue weighted by Gasteiger charge is 2.33. The zero-order valence-electron chi connectivity index (χ0n) is 17.5. The summed E-state index contributed by atoms with van der Waals surface area (Å²) in [7, 11) is 1.58. The number of H-pyrrole nitrogens is 1. The zero-order chi connectivity index (χ0) is 22.2. The minimum Gasteiger partial charge on any atom is -0.496 e. The van der Waals surface area contributed by atoms with E-state index in [0.717, 1.165) is 22.2 Å². The quantitative estimate of drug-likeness (QED) is 0.608. The summed E-state index contributed by atoms with van der Waals surface area (Å²) in [6.07, 6.45) is 4.33. The Labute approximate surface area is 183 Å². The first-order valence-electron chi connectivity index (χ1n) is 10.3. The van der Waals surface area contributed by atoms with Crippen molar-refractivity contribution in [2.75, 3.05) is 33.3 Å². The Kier molecular flexibility index (Phi) is 5.02. The van der Waals surface area contributed by atoms with Crippen LogP contribution in [0.5, 0.6) is 11.5 Å². The number of nitrogens with zero attached hydrogens (tertiary/aromatic N) is 3. The number of piperazine rings is 1. The van der Waals surface area contributed by atoms with Crippen molar-refractivity contribution < 1.29 is 24.2 Å². The monoisotopic (exact) mass is 434 g/mol. The first-order valence-corrected chi connectivity index (χ1v) is 10.3. The number of carbonyl (C=O) groups is 2. The van der Waals surface area contributed by atoms with Crippen LogP contribution in [0.2, 0.25) is 0 Å². The molecule has 2 aromatic heterocycles. The third kappa shape index (κ3) is 3.46. The number of Topliss-reactive ketones (excluding diaryl/α,β-unsaturated/α-hetero) is 1. The fourth-order valence-corrected chi connectivity index (χ4v) is 4.19. The predicted molar refractivity (Wildman–Crippen MR) is 117 cm³/mol. The van der Waals surface area contributed by atoms with E-state index in [1.165, 1.54) is 4.90 Å². The number of benzene rings is 1. The van der Waals surface area contributed by atoms with Crippen LogP contribution in [-0.4, -0.2) is 70.0 Å². The summed E-state index contributed by atoms with van der Waals surface area (Å²) < 4.78 is 11.6. The molecule has 0 aliphatic carbocycles. The van der Waals surface area contributed by atoms with Crippen molar-refractivity contribution in [3.63, 3.8) is 0 Å². The van der Waals surface area contributed by atoms with Crippen molar-refractivity contribution >= 4 is 29.0 Å². The lowest BCUT2D eigenvalue weighted by Gasteiger charge is -2.33. The molecule has 164 valence electrons. The number of methoxy groups -OCH3 is 1. The fourth-order valence-electron chi connectivity index (χ4n) is 4.19. The Bertz CT molecular complexity index is 1240. The average molecular weight is 434 g/mol. The zero-order valence-corrected chi connectivity index (χ0v) is 17.5. The van der Waals surface area contributed by atoms with Gasteiger partial charge in [-0.25, -0.2) is 9.78 Å². The Morgan fingerprint density at radius 3 is 2.84 bits per heavy atom. The average Bonchev–Trinajstić information content (AvgIpc) is 3.36. The molecular formula is C23H22N4O5. The number of aromatic nitrogens is 2. The number of amides is 1. The van der Waals surface area contributed by atoms with Gasteiger partial charge in [-0.15, -0.1) is 0 Å². The highest BCUT2D eigenvalue weighted by molar-refractivity contribution is 6.15. The van der Waals surface area contributed by atoms with Gasteiger partial charge in [0.05, 0.1) is 18.2 Å². The Morgan fingerprint density at radius 2 is 2.09 bits per heavy atom. The van der Waals surface area contributed by atoms with Gasteiger partial charge in [-0.1, -0.05) is 0 Å². The molecule has 1 amide bonds. The van der Waals surface area contributed by atoms with Gasteiger partial charge < -0.3 is 24.5 Å². The molecule has 2 aliphatic heterocycles. The second-order valence-corrected chi connectivity index (χ2v) is 7.75. The van der Waals surface area contributed by atoms with Crippen molar-refractivity contribution in [3.8, 4) is 11.5 Å². The Hall–Kier alpha value is -3.85. The molecule has 2 N–H and O–H groups in total. The van der Waals surface area contributed by atoms with Gasteiger partial charge in [0.15, 0.2) is 5.76 Å². The van der Waals surface area contributed by atoms with Crippen molar-refractivity contribution in [1.29, 1.82) is 0 Å². The van der Waals surface area contributed by atoms with Gasteiger partial charge in [-0.05, 0) is 30.3 Å². The largest absolute Gasteiger partial charge is 0.496 e. The van der Waals surface area contributed by atoms with Gasteiger partial charge >= 0.3 is 6.09 Å². The number of carbonyl (C=O) groups excluding carboxylic acids is 1. The van der Waals surface area contributed by atoms with Crippen LogP contribution in [-0.2, 0) is 6.54 Å². The van der Waals surface area contributed by atoms with Crippen molar-refractivity contribution in [1.82, 2.24) is 19.8 Å². The van der Waals surface area contributed by atoms with Crippen LogP contribution < -0.4 is 9.47 Å². The number of nitrogens with one attached hydrogen (secondary N) is 1. The highest BCUT2D eigenvalue weighted by atomic mass is 16.5. The summed E-state index contributed by atoms with van der Waals surface area (Å²) in [5, 5.41) is 10.1. The lowest BCUT2D eigenvalue weighted by atomic mass is 10.0. The summed E-state index contributed by atoms with van der Waals surface area (Å²) in [6, 6.07) is 7.28. The van der Waals surface area contributed by atoms with Crippen LogP contribution in [0.1, 0.15) is 21.5 Å². The molecule has 0 spiro atoms. The predicted octanol–water partition coefficient (Wildman–Crippen LogP) is 2.98. The SMILES string of the molecule is COc1ccc2c(c1CN1CCN(C(=O)O)CC1)O/C(=C\c1c[nH]c3ncccc13)C2=O. The molecule has 4 heterocycles. The maximum Gasteiger partial charge on any atom is 0.407 e. The molecule has 2 aliphatic rings. The number of hydrogen-bond acceptors (Lipinski definition) is 6. The van der Waals surface area contributed by atoms with E-state index in [2.05, 4.69) is 14.9 Å². The van der Waals surface area contributed by atoms with Gasteiger partial charge in [0.1, 0.15) is 17.1 Å². The summed E-state index contributed by atoms with van der Waals surface area (Å²) in [6.45, 7) is 2.56. The molecule has 5 rings (SSSR count). The molecule has 9 nitrogen and oxygen atoms in total. The molecule has 0 radical (unpaired) electrons. The van der Waals surface area contributed by atoms with E-state index in [-0.39, 0.29) is 11.5 Å². The summed E-state index contributed by atoms with van der Waals surface area (Å²) in [5.74, 6) is 1.20. The maximum absolute atomic E-state index is 13.1. The van der Waals surface area contributed by atoms with Crippen LogP contribution in [0.25, 0.3) is 17.1 Å². The number of allylic oxidation sites excluding steroid dienone is 1. The van der Waals surface area contributed by atoms with E-state index < -0.39 is 6.09 Å². The molecule has 1 fully saturated rings. The number of aromatic amines is 1. The molecule has 0 saturated carbocycles. The third-order valence-corrected chi connectivity index (χ3v) is 5.91. The third-order valence-electron chi connectivity index (χ3n) is 5.91. The number of ketones is 1. The standard InChI is InChI=1S/C23H22N4O5/c1-31-18-5-4-16-20(28)19(11-14-12-25-22-15(14)3-2-6-24-22)32-21(16)17(18)13-26-7-9-27(10-8-26)23(29)30/h2-6,11-12H,7-10,13H2,1H3,(H,24,25)(H,29,30)/b19-11-. The van der Waals surface area contributed by atoms with E-state index in [1.54, 1.807) is 37.7 Å². The topological polar surface area (TPSA) is 108 Å². The van der Waals surface area contributed by atoms with Crippen LogP contribution in [0.15, 0.2) is 42.4 Å². The minimum atomic E-state index is -0.904. The summed E-state index contributed by atoms with van der Waals surface area (Å²) >= 11 is 0. The Balaban J connectivity index is 1.44. The number of pyridine rings is 1. The van der Waals surface area contributed by atoms with E-state index in [0.29, 0.717) is 49.8 Å². The van der Waals surface area contributed by atoms with Gasteiger partial charge in [0.2, 0.25) is 5.78 Å². The molecule has 32 heavy (non-hydrogen) atoms. The van der Waals surface area contributed by atoms with E-state index in [9.17, 15) is 14.7 Å². The minimum absolute atomic E-state index is 0.183. The number of rotatable bonds is 4.